The van der Waals surface area contributed by atoms with Crippen molar-refractivity contribution >= 4 is 8.80 Å². The molecule has 31 heavy (non-hydrogen) atoms. The zero-order valence-electron chi connectivity index (χ0n) is 22.1. The van der Waals surface area contributed by atoms with E-state index in [-0.39, 0.29) is 0 Å². The molecule has 1 heterocycles. The van der Waals surface area contributed by atoms with Crippen molar-refractivity contribution < 1.29 is 17.8 Å². The first-order chi connectivity index (χ1) is 14.9. The minimum absolute atomic E-state index is 0.336. The molecule has 1 aliphatic rings. The maximum atomic E-state index is 5.71. The Morgan fingerprint density at radius 2 is 1.13 bits per heavy atom. The second-order valence-corrected chi connectivity index (χ2v) is 13.6. The van der Waals surface area contributed by atoms with Crippen molar-refractivity contribution in [2.75, 3.05) is 41.5 Å². The Hall–Kier alpha value is 0.0569. The molecule has 1 fully saturated rings. The lowest BCUT2D eigenvalue weighted by Crippen LogP contribution is -2.61. The molecule has 0 saturated carbocycles. The van der Waals surface area contributed by atoms with E-state index in [1.807, 2.05) is 0 Å². The van der Waals surface area contributed by atoms with Gasteiger partial charge in [-0.05, 0) is 45.4 Å². The molecule has 0 aromatic heterocycles. The Balaban J connectivity index is 2.78. The lowest BCUT2D eigenvalue weighted by atomic mass is 9.84. The summed E-state index contributed by atoms with van der Waals surface area (Å²) in [7, 11) is 5.32. The number of unbranched alkanes of at least 4 members (excludes halogenated alkanes) is 6. The van der Waals surface area contributed by atoms with Gasteiger partial charge in [-0.3, -0.25) is 0 Å². The fraction of sp³-hybridized carbons (Fsp3) is 1.00. The van der Waals surface area contributed by atoms with Gasteiger partial charge >= 0.3 is 8.80 Å². The topological polar surface area (TPSA) is 27.7 Å². The first-order valence-electron chi connectivity index (χ1n) is 13.4. The zero-order valence-corrected chi connectivity index (χ0v) is 23.1. The van der Waals surface area contributed by atoms with Crippen molar-refractivity contribution in [3.63, 3.8) is 0 Å². The maximum absolute atomic E-state index is 5.71. The van der Waals surface area contributed by atoms with Gasteiger partial charge in [-0.15, -0.1) is 0 Å². The molecule has 1 unspecified atom stereocenters. The van der Waals surface area contributed by atoms with Crippen LogP contribution in [0.25, 0.3) is 0 Å². The van der Waals surface area contributed by atoms with Gasteiger partial charge in [0.1, 0.15) is 0 Å². The number of hydrogen-bond acceptors (Lipinski definition) is 3. The van der Waals surface area contributed by atoms with E-state index in [9.17, 15) is 0 Å². The monoisotopic (exact) mass is 458 g/mol. The van der Waals surface area contributed by atoms with Gasteiger partial charge in [-0.25, -0.2) is 0 Å². The Labute approximate surface area is 196 Å². The van der Waals surface area contributed by atoms with Crippen molar-refractivity contribution in [3.05, 3.63) is 0 Å². The fourth-order valence-electron chi connectivity index (χ4n) is 5.65. The molecule has 1 aliphatic heterocycles. The Morgan fingerprint density at radius 3 is 1.65 bits per heavy atom. The van der Waals surface area contributed by atoms with Crippen molar-refractivity contribution in [1.82, 2.24) is 0 Å². The van der Waals surface area contributed by atoms with Crippen LogP contribution in [0.2, 0.25) is 6.04 Å². The van der Waals surface area contributed by atoms with Gasteiger partial charge in [-0.2, -0.15) is 0 Å². The van der Waals surface area contributed by atoms with Crippen LogP contribution >= 0.6 is 0 Å². The first-order valence-corrected chi connectivity index (χ1v) is 15.3. The molecule has 0 aromatic carbocycles. The molecule has 0 amide bonds. The van der Waals surface area contributed by atoms with Crippen molar-refractivity contribution in [3.8, 4) is 0 Å². The molecule has 0 bridgehead atoms. The third-order valence-electron chi connectivity index (χ3n) is 8.31. The summed E-state index contributed by atoms with van der Waals surface area (Å²) in [6, 6.07) is 0.920. The summed E-state index contributed by atoms with van der Waals surface area (Å²) in [4.78, 5) is 0. The highest BCUT2D eigenvalue weighted by Crippen LogP contribution is 2.37. The summed E-state index contributed by atoms with van der Waals surface area (Å²) in [5.74, 6) is 0. The van der Waals surface area contributed by atoms with Crippen LogP contribution in [0.4, 0.5) is 0 Å². The number of rotatable bonds is 16. The molecule has 4 nitrogen and oxygen atoms in total. The minimum atomic E-state index is -2.48. The van der Waals surface area contributed by atoms with E-state index in [2.05, 4.69) is 20.9 Å². The van der Waals surface area contributed by atoms with E-state index < -0.39 is 8.80 Å². The molecule has 5 heteroatoms. The SMILES string of the molecule is CCCCCCCCCC(C)(CCC[Si](OC)(OC)OC)[N+]1(C)CCCCCCCC1. The maximum Gasteiger partial charge on any atom is 0.500 e. The summed E-state index contributed by atoms with van der Waals surface area (Å²) >= 11 is 0. The van der Waals surface area contributed by atoms with Crippen LogP contribution in [0, 0.1) is 0 Å². The highest BCUT2D eigenvalue weighted by Gasteiger charge is 2.44. The van der Waals surface area contributed by atoms with Gasteiger partial charge < -0.3 is 17.8 Å². The van der Waals surface area contributed by atoms with Gasteiger partial charge in [-0.1, -0.05) is 58.3 Å². The third kappa shape index (κ3) is 9.83. The molecular formula is C26H56NO3Si+. The van der Waals surface area contributed by atoms with Crippen molar-refractivity contribution in [2.45, 2.75) is 128 Å². The van der Waals surface area contributed by atoms with Crippen molar-refractivity contribution in [2.24, 2.45) is 0 Å². The van der Waals surface area contributed by atoms with Gasteiger partial charge in [0, 0.05) is 40.2 Å². The predicted octanol–water partition coefficient (Wildman–Crippen LogP) is 7.34. The average molecular weight is 459 g/mol. The van der Waals surface area contributed by atoms with Crippen LogP contribution in [0.3, 0.4) is 0 Å². The quantitative estimate of drug-likeness (QED) is 0.137. The lowest BCUT2D eigenvalue weighted by molar-refractivity contribution is -0.959. The third-order valence-corrected chi connectivity index (χ3v) is 11.1. The van der Waals surface area contributed by atoms with Crippen LogP contribution in [0.5, 0.6) is 0 Å². The van der Waals surface area contributed by atoms with Gasteiger partial charge in [0.15, 0.2) is 0 Å². The first kappa shape index (κ1) is 29.1. The molecule has 0 aliphatic carbocycles. The van der Waals surface area contributed by atoms with E-state index >= 15 is 0 Å². The van der Waals surface area contributed by atoms with Crippen LogP contribution in [-0.4, -0.2) is 60.3 Å². The second kappa shape index (κ2) is 15.8. The van der Waals surface area contributed by atoms with Gasteiger partial charge in [0.2, 0.25) is 0 Å². The highest BCUT2D eigenvalue weighted by atomic mass is 28.4. The van der Waals surface area contributed by atoms with Gasteiger partial charge in [0.05, 0.1) is 25.7 Å². The Morgan fingerprint density at radius 1 is 0.677 bits per heavy atom. The molecule has 0 radical (unpaired) electrons. The molecule has 0 spiro atoms. The van der Waals surface area contributed by atoms with Gasteiger partial charge in [0.25, 0.3) is 0 Å². The number of nitrogens with zero attached hydrogens (tertiary/aromatic N) is 1. The van der Waals surface area contributed by atoms with E-state index in [4.69, 9.17) is 13.3 Å². The molecule has 1 rings (SSSR count). The van der Waals surface area contributed by atoms with Crippen LogP contribution < -0.4 is 0 Å². The van der Waals surface area contributed by atoms with Crippen LogP contribution in [0.15, 0.2) is 0 Å². The summed E-state index contributed by atoms with van der Waals surface area (Å²) in [5.41, 5.74) is 0.336. The van der Waals surface area contributed by atoms with E-state index in [0.717, 1.165) is 12.5 Å². The van der Waals surface area contributed by atoms with Crippen LogP contribution in [0.1, 0.15) is 117 Å². The summed E-state index contributed by atoms with van der Waals surface area (Å²) in [6.07, 6.45) is 21.9. The largest absolute Gasteiger partial charge is 0.500 e. The van der Waals surface area contributed by atoms with E-state index in [0.29, 0.717) is 5.54 Å². The molecule has 186 valence electrons. The number of quaternary nitrogens is 1. The molecule has 1 saturated heterocycles. The molecule has 1 atom stereocenters. The predicted molar refractivity (Wildman–Crippen MR) is 135 cm³/mol. The standard InChI is InChI=1S/C26H56NO3Si/c1-7-8-9-10-11-14-17-21-26(2,22-20-25-31(28-4,29-5)30-6)27(3)23-18-15-12-13-16-19-24-27/h7-25H2,1-6H3/q+1. The number of hydrogen-bond donors (Lipinski definition) is 0. The van der Waals surface area contributed by atoms with E-state index in [1.54, 1.807) is 21.3 Å². The molecule has 0 N–H and O–H groups in total. The molecule has 0 aromatic rings. The van der Waals surface area contributed by atoms with E-state index in [1.165, 1.54) is 114 Å². The normalized spacial score (nSPS) is 19.9. The average Bonchev–Trinajstić information content (AvgIpc) is 2.89. The Bertz CT molecular complexity index is 426. The fourth-order valence-corrected chi connectivity index (χ4v) is 7.37. The summed E-state index contributed by atoms with van der Waals surface area (Å²) in [5, 5.41) is 0. The van der Waals surface area contributed by atoms with Crippen molar-refractivity contribution in [1.29, 1.82) is 0 Å². The minimum Gasteiger partial charge on any atom is -0.377 e. The smallest absolute Gasteiger partial charge is 0.377 e. The summed E-state index contributed by atoms with van der Waals surface area (Å²) in [6.45, 7) is 7.58. The molecular weight excluding hydrogens is 402 g/mol. The second-order valence-electron chi connectivity index (χ2n) is 10.5. The lowest BCUT2D eigenvalue weighted by Gasteiger charge is -2.50. The van der Waals surface area contributed by atoms with Crippen LogP contribution in [-0.2, 0) is 13.3 Å². The summed E-state index contributed by atoms with van der Waals surface area (Å²) < 4.78 is 18.4. The Kier molecular flexibility index (Phi) is 14.8. The highest BCUT2D eigenvalue weighted by molar-refractivity contribution is 6.60. The zero-order chi connectivity index (χ0) is 23.1.